The first-order valence-electron chi connectivity index (χ1n) is 2.90. The van der Waals surface area contributed by atoms with Crippen LogP contribution < -0.4 is 11.1 Å². The van der Waals surface area contributed by atoms with Gasteiger partial charge in [-0.05, 0) is 0 Å². The average molecular weight is 130 g/mol. The fourth-order valence-electron chi connectivity index (χ4n) is 0.771. The fourth-order valence-corrected chi connectivity index (χ4v) is 0.771. The van der Waals surface area contributed by atoms with Crippen LogP contribution in [0.3, 0.4) is 0 Å². The van der Waals surface area contributed by atoms with E-state index in [0.717, 1.165) is 0 Å². The lowest BCUT2D eigenvalue weighted by Gasteiger charge is -2.30. The molecule has 0 aromatic rings. The third-order valence-electron chi connectivity index (χ3n) is 1.48. The molecule has 4 nitrogen and oxygen atoms in total. The van der Waals surface area contributed by atoms with E-state index in [2.05, 4.69) is 5.32 Å². The molecule has 1 aliphatic rings. The molecule has 0 radical (unpaired) electrons. The smallest absolute Gasteiger partial charge is 0.222 e. The molecule has 2 atom stereocenters. The van der Waals surface area contributed by atoms with Crippen molar-refractivity contribution in [2.75, 3.05) is 6.61 Å². The van der Waals surface area contributed by atoms with Gasteiger partial charge in [0.1, 0.15) is 0 Å². The number of hydrogen-bond acceptors (Lipinski definition) is 3. The molecule has 0 aromatic carbocycles. The summed E-state index contributed by atoms with van der Waals surface area (Å²) >= 11 is 0. The lowest BCUT2D eigenvalue weighted by Crippen LogP contribution is -2.59. The number of amides is 1. The second-order valence-electron chi connectivity index (χ2n) is 2.22. The van der Waals surface area contributed by atoms with Crippen molar-refractivity contribution >= 4 is 5.91 Å². The SMILES string of the molecule is NC(CO)C1CC(=O)N1. The molecule has 0 bridgehead atoms. The Bertz CT molecular complexity index is 118. The van der Waals surface area contributed by atoms with Gasteiger partial charge in [-0.25, -0.2) is 0 Å². The van der Waals surface area contributed by atoms with Crippen molar-refractivity contribution in [2.45, 2.75) is 18.5 Å². The number of nitrogens with two attached hydrogens (primary N) is 1. The molecule has 2 unspecified atom stereocenters. The fraction of sp³-hybridized carbons (Fsp3) is 0.800. The van der Waals surface area contributed by atoms with Crippen molar-refractivity contribution in [1.29, 1.82) is 0 Å². The summed E-state index contributed by atoms with van der Waals surface area (Å²) in [5.74, 6) is 0.0175. The van der Waals surface area contributed by atoms with Crippen molar-refractivity contribution in [1.82, 2.24) is 5.32 Å². The van der Waals surface area contributed by atoms with Gasteiger partial charge in [-0.2, -0.15) is 0 Å². The molecule has 52 valence electrons. The molecule has 1 fully saturated rings. The molecular weight excluding hydrogens is 120 g/mol. The largest absolute Gasteiger partial charge is 0.395 e. The second-order valence-corrected chi connectivity index (χ2v) is 2.22. The van der Waals surface area contributed by atoms with Gasteiger partial charge in [-0.1, -0.05) is 0 Å². The maximum atomic E-state index is 10.3. The van der Waals surface area contributed by atoms with E-state index in [-0.39, 0.29) is 24.6 Å². The van der Waals surface area contributed by atoms with Gasteiger partial charge in [0.15, 0.2) is 0 Å². The maximum Gasteiger partial charge on any atom is 0.222 e. The highest BCUT2D eigenvalue weighted by atomic mass is 16.3. The third kappa shape index (κ3) is 1.20. The first kappa shape index (κ1) is 6.51. The molecule has 1 amide bonds. The van der Waals surface area contributed by atoms with E-state index in [0.29, 0.717) is 6.42 Å². The average Bonchev–Trinajstić information content (AvgIpc) is 1.79. The summed E-state index contributed by atoms with van der Waals surface area (Å²) in [5.41, 5.74) is 5.38. The Morgan fingerprint density at radius 2 is 2.56 bits per heavy atom. The van der Waals surface area contributed by atoms with Gasteiger partial charge in [0.2, 0.25) is 5.91 Å². The molecule has 4 heteroatoms. The Labute approximate surface area is 53.0 Å². The molecule has 1 aliphatic heterocycles. The number of β-lactam (4-membered cyclic amide) rings is 1. The van der Waals surface area contributed by atoms with E-state index in [9.17, 15) is 4.79 Å². The predicted octanol–water partition coefficient (Wildman–Crippen LogP) is -1.81. The van der Waals surface area contributed by atoms with Crippen LogP contribution in [0.15, 0.2) is 0 Å². The summed E-state index contributed by atoms with van der Waals surface area (Å²) in [6.45, 7) is -0.0645. The Hall–Kier alpha value is -0.610. The van der Waals surface area contributed by atoms with E-state index in [1.807, 2.05) is 0 Å². The first-order chi connectivity index (χ1) is 4.24. The second kappa shape index (κ2) is 2.33. The van der Waals surface area contributed by atoms with Crippen LogP contribution in [0.25, 0.3) is 0 Å². The van der Waals surface area contributed by atoms with Gasteiger partial charge in [0.25, 0.3) is 0 Å². The number of nitrogens with one attached hydrogen (secondary N) is 1. The van der Waals surface area contributed by atoms with Crippen LogP contribution in [-0.2, 0) is 4.79 Å². The summed E-state index contributed by atoms with van der Waals surface area (Å²) in [7, 11) is 0. The van der Waals surface area contributed by atoms with Gasteiger partial charge in [-0.3, -0.25) is 4.79 Å². The zero-order chi connectivity index (χ0) is 6.85. The number of hydrogen-bond donors (Lipinski definition) is 3. The Morgan fingerprint density at radius 1 is 2.00 bits per heavy atom. The van der Waals surface area contributed by atoms with E-state index in [1.165, 1.54) is 0 Å². The lowest BCUT2D eigenvalue weighted by atomic mass is 9.99. The molecule has 4 N–H and O–H groups in total. The molecule has 0 aliphatic carbocycles. The number of carbonyl (C=O) groups excluding carboxylic acids is 1. The van der Waals surface area contributed by atoms with Crippen LogP contribution in [0.5, 0.6) is 0 Å². The van der Waals surface area contributed by atoms with Crippen LogP contribution in [0.1, 0.15) is 6.42 Å². The van der Waals surface area contributed by atoms with Crippen LogP contribution in [0.4, 0.5) is 0 Å². The third-order valence-corrected chi connectivity index (χ3v) is 1.48. The van der Waals surface area contributed by atoms with Crippen LogP contribution in [-0.4, -0.2) is 29.7 Å². The quantitative estimate of drug-likeness (QED) is 0.386. The van der Waals surface area contributed by atoms with Gasteiger partial charge in [0.05, 0.1) is 12.6 Å². The molecule has 0 spiro atoms. The number of carbonyl (C=O) groups is 1. The predicted molar refractivity (Wildman–Crippen MR) is 31.6 cm³/mol. The molecule has 0 aromatic heterocycles. The normalized spacial score (nSPS) is 28.7. The van der Waals surface area contributed by atoms with Gasteiger partial charge < -0.3 is 16.2 Å². The van der Waals surface area contributed by atoms with E-state index < -0.39 is 0 Å². The minimum Gasteiger partial charge on any atom is -0.395 e. The van der Waals surface area contributed by atoms with Crippen molar-refractivity contribution in [3.05, 3.63) is 0 Å². The number of aliphatic hydroxyl groups is 1. The van der Waals surface area contributed by atoms with Gasteiger partial charge in [0, 0.05) is 12.5 Å². The molecule has 9 heavy (non-hydrogen) atoms. The van der Waals surface area contributed by atoms with Crippen molar-refractivity contribution in [3.63, 3.8) is 0 Å². The van der Waals surface area contributed by atoms with Gasteiger partial charge in [-0.15, -0.1) is 0 Å². The summed E-state index contributed by atoms with van der Waals surface area (Å²) < 4.78 is 0. The summed E-state index contributed by atoms with van der Waals surface area (Å²) in [6.07, 6.45) is 0.460. The van der Waals surface area contributed by atoms with E-state index >= 15 is 0 Å². The van der Waals surface area contributed by atoms with Crippen LogP contribution >= 0.6 is 0 Å². The number of rotatable bonds is 2. The zero-order valence-electron chi connectivity index (χ0n) is 5.00. The first-order valence-corrected chi connectivity index (χ1v) is 2.90. The number of aliphatic hydroxyl groups excluding tert-OH is 1. The molecule has 1 rings (SSSR count). The highest BCUT2D eigenvalue weighted by Crippen LogP contribution is 2.05. The molecule has 1 saturated heterocycles. The van der Waals surface area contributed by atoms with Crippen LogP contribution in [0.2, 0.25) is 0 Å². The lowest BCUT2D eigenvalue weighted by molar-refractivity contribution is -0.128. The Kier molecular flexibility index (Phi) is 1.68. The molecule has 0 saturated carbocycles. The van der Waals surface area contributed by atoms with E-state index in [1.54, 1.807) is 0 Å². The Balaban J connectivity index is 2.23. The highest BCUT2D eigenvalue weighted by Gasteiger charge is 2.29. The van der Waals surface area contributed by atoms with E-state index in [4.69, 9.17) is 10.8 Å². The van der Waals surface area contributed by atoms with Crippen molar-refractivity contribution in [2.24, 2.45) is 5.73 Å². The minimum absolute atomic E-state index is 0.00231. The van der Waals surface area contributed by atoms with Crippen LogP contribution in [0, 0.1) is 0 Å². The highest BCUT2D eigenvalue weighted by molar-refractivity contribution is 5.83. The topological polar surface area (TPSA) is 75.3 Å². The summed E-state index contributed by atoms with van der Waals surface area (Å²) in [6, 6.07) is -0.287. The summed E-state index contributed by atoms with van der Waals surface area (Å²) in [4.78, 5) is 10.3. The van der Waals surface area contributed by atoms with Crippen molar-refractivity contribution < 1.29 is 9.90 Å². The van der Waals surface area contributed by atoms with Gasteiger partial charge >= 0.3 is 0 Å². The summed E-state index contributed by atoms with van der Waals surface area (Å²) in [5, 5.41) is 11.0. The molecule has 1 heterocycles. The Morgan fingerprint density at radius 3 is 2.89 bits per heavy atom. The standard InChI is InChI=1S/C5H10N2O2/c6-3(2-8)4-1-5(9)7-4/h3-4,8H,1-2,6H2,(H,7,9). The monoisotopic (exact) mass is 130 g/mol. The zero-order valence-corrected chi connectivity index (χ0v) is 5.00. The van der Waals surface area contributed by atoms with Crippen molar-refractivity contribution in [3.8, 4) is 0 Å². The minimum atomic E-state index is -0.289. The molecular formula is C5H10N2O2. The maximum absolute atomic E-state index is 10.3.